The number of rotatable bonds is 4. The largest absolute Gasteiger partial charge is 0.259 e. The van der Waals surface area contributed by atoms with E-state index in [0.717, 1.165) is 38.9 Å². The van der Waals surface area contributed by atoms with Crippen LogP contribution in [0.2, 0.25) is 0 Å². The number of aliphatic imine (C=N–C) groups is 1. The summed E-state index contributed by atoms with van der Waals surface area (Å²) < 4.78 is 0. The lowest BCUT2D eigenvalue weighted by Gasteiger charge is -2.16. The molecule has 226 valence electrons. The highest BCUT2D eigenvalue weighted by molar-refractivity contribution is 6.22. The molecular weight excluding hydrogens is 583 g/mol. The highest BCUT2D eigenvalue weighted by Crippen LogP contribution is 2.42. The maximum absolute atomic E-state index is 5.21. The molecule has 2 heterocycles. The molecule has 9 aromatic rings. The van der Waals surface area contributed by atoms with E-state index in [2.05, 4.69) is 145 Å². The molecule has 0 amide bonds. The summed E-state index contributed by atoms with van der Waals surface area (Å²) in [5.41, 5.74) is 10.9. The molecule has 3 heteroatoms. The summed E-state index contributed by atoms with van der Waals surface area (Å²) in [5.74, 6) is 0. The third-order valence-electron chi connectivity index (χ3n) is 9.65. The predicted octanol–water partition coefficient (Wildman–Crippen LogP) is 12.3. The first-order chi connectivity index (χ1) is 23.7. The first kappa shape index (κ1) is 28.1. The lowest BCUT2D eigenvalue weighted by molar-refractivity contribution is 1.36. The molecule has 0 unspecified atom stereocenters. The molecule has 0 saturated carbocycles. The highest BCUT2D eigenvalue weighted by atomic mass is 14.8. The second kappa shape index (κ2) is 11.3. The molecule has 0 aliphatic carbocycles. The Bertz CT molecular complexity index is 2720. The molecule has 2 aromatic heterocycles. The Labute approximate surface area is 278 Å². The van der Waals surface area contributed by atoms with Crippen LogP contribution in [0, 0.1) is 6.92 Å². The third-order valence-corrected chi connectivity index (χ3v) is 9.65. The molecule has 0 radical (unpaired) electrons. The fraction of sp³-hybridized carbons (Fsp3) is 0.0444. The van der Waals surface area contributed by atoms with E-state index in [0.29, 0.717) is 0 Å². The van der Waals surface area contributed by atoms with Crippen LogP contribution in [0.15, 0.2) is 151 Å². The van der Waals surface area contributed by atoms with Gasteiger partial charge in [0.15, 0.2) is 0 Å². The van der Waals surface area contributed by atoms with Crippen molar-refractivity contribution in [1.82, 2.24) is 9.97 Å². The topological polar surface area (TPSA) is 38.1 Å². The molecule has 9 rings (SSSR count). The predicted molar refractivity (Wildman–Crippen MR) is 204 cm³/mol. The highest BCUT2D eigenvalue weighted by Gasteiger charge is 2.17. The number of para-hydroxylation sites is 1. The molecule has 0 N–H and O–H groups in total. The van der Waals surface area contributed by atoms with E-state index in [4.69, 9.17) is 9.98 Å². The molecular formula is C45H31N3. The number of pyridine rings is 2. The number of benzene rings is 7. The molecule has 0 atom stereocenters. The second-order valence-electron chi connectivity index (χ2n) is 12.3. The van der Waals surface area contributed by atoms with Gasteiger partial charge < -0.3 is 0 Å². The van der Waals surface area contributed by atoms with Crippen molar-refractivity contribution in [2.45, 2.75) is 13.8 Å². The summed E-state index contributed by atoms with van der Waals surface area (Å²) >= 11 is 0. The van der Waals surface area contributed by atoms with Crippen molar-refractivity contribution >= 4 is 66.0 Å². The molecule has 3 nitrogen and oxygen atoms in total. The Morgan fingerprint density at radius 2 is 1.21 bits per heavy atom. The van der Waals surface area contributed by atoms with Gasteiger partial charge in [0, 0.05) is 39.5 Å². The summed E-state index contributed by atoms with van der Waals surface area (Å²) in [6, 6.07) is 50.1. The van der Waals surface area contributed by atoms with Gasteiger partial charge in [0.2, 0.25) is 0 Å². The summed E-state index contributed by atoms with van der Waals surface area (Å²) in [5, 5.41) is 9.62. The zero-order valence-corrected chi connectivity index (χ0v) is 26.8. The van der Waals surface area contributed by atoms with Gasteiger partial charge in [-0.2, -0.15) is 0 Å². The van der Waals surface area contributed by atoms with Gasteiger partial charge in [-0.25, -0.2) is 4.98 Å². The Hall–Kier alpha value is -6.19. The quantitative estimate of drug-likeness (QED) is 0.146. The van der Waals surface area contributed by atoms with Crippen molar-refractivity contribution in [2.24, 2.45) is 4.99 Å². The Morgan fingerprint density at radius 1 is 0.542 bits per heavy atom. The van der Waals surface area contributed by atoms with E-state index in [1.807, 2.05) is 25.4 Å². The van der Waals surface area contributed by atoms with Gasteiger partial charge in [0.05, 0.1) is 22.4 Å². The van der Waals surface area contributed by atoms with Crippen molar-refractivity contribution in [2.75, 3.05) is 0 Å². The number of hydrogen-bond donors (Lipinski definition) is 0. The van der Waals surface area contributed by atoms with Crippen LogP contribution >= 0.6 is 0 Å². The van der Waals surface area contributed by atoms with E-state index in [1.54, 1.807) is 0 Å². The third kappa shape index (κ3) is 4.39. The first-order valence-electron chi connectivity index (χ1n) is 16.4. The van der Waals surface area contributed by atoms with Gasteiger partial charge in [0.25, 0.3) is 0 Å². The van der Waals surface area contributed by atoms with E-state index >= 15 is 0 Å². The number of fused-ring (bicyclic) bond motifs is 7. The average molecular weight is 614 g/mol. The van der Waals surface area contributed by atoms with Crippen LogP contribution in [0.3, 0.4) is 0 Å². The smallest absolute Gasteiger partial charge is 0.0961 e. The normalized spacial score (nSPS) is 11.9. The molecule has 0 bridgehead atoms. The first-order valence-corrected chi connectivity index (χ1v) is 16.4. The van der Waals surface area contributed by atoms with Gasteiger partial charge in [-0.1, -0.05) is 121 Å². The molecule has 48 heavy (non-hydrogen) atoms. The Balaban J connectivity index is 1.19. The summed E-state index contributed by atoms with van der Waals surface area (Å²) in [6.45, 7) is 4.11. The van der Waals surface area contributed by atoms with Gasteiger partial charge >= 0.3 is 0 Å². The lowest BCUT2D eigenvalue weighted by atomic mass is 9.89. The standard InChI is InChI=1S/C45H31N3/c1-3-46-43-28(2)40(27-32-12-10-26-47-45(32)43)37-25-24-33(35-14-6-7-15-36(35)37)30-18-20-31(21-19-30)44-39-23-22-29-11-4-5-13-34(29)42(39)38-16-8-9-17-41(38)48-44/h3-27H,1-2H3. The van der Waals surface area contributed by atoms with E-state index < -0.39 is 0 Å². The van der Waals surface area contributed by atoms with Gasteiger partial charge in [0.1, 0.15) is 0 Å². The monoisotopic (exact) mass is 613 g/mol. The van der Waals surface area contributed by atoms with E-state index in [9.17, 15) is 0 Å². The van der Waals surface area contributed by atoms with Crippen molar-refractivity contribution in [3.63, 3.8) is 0 Å². The van der Waals surface area contributed by atoms with Crippen LogP contribution < -0.4 is 0 Å². The minimum atomic E-state index is 0.928. The molecule has 0 aliphatic heterocycles. The van der Waals surface area contributed by atoms with Crippen LogP contribution in [-0.4, -0.2) is 16.2 Å². The van der Waals surface area contributed by atoms with Crippen LogP contribution in [0.4, 0.5) is 5.69 Å². The number of hydrogen-bond acceptors (Lipinski definition) is 3. The average Bonchev–Trinajstić information content (AvgIpc) is 3.15. The summed E-state index contributed by atoms with van der Waals surface area (Å²) in [4.78, 5) is 14.6. The van der Waals surface area contributed by atoms with Crippen LogP contribution in [0.1, 0.15) is 12.5 Å². The zero-order valence-electron chi connectivity index (χ0n) is 26.8. The molecule has 0 aliphatic rings. The fourth-order valence-electron chi connectivity index (χ4n) is 7.40. The van der Waals surface area contributed by atoms with Gasteiger partial charge in [-0.3, -0.25) is 9.98 Å². The molecule has 0 spiro atoms. The Morgan fingerprint density at radius 3 is 2.02 bits per heavy atom. The van der Waals surface area contributed by atoms with Crippen LogP contribution in [0.5, 0.6) is 0 Å². The van der Waals surface area contributed by atoms with Crippen LogP contribution in [0.25, 0.3) is 87.6 Å². The molecule has 0 fully saturated rings. The number of aromatic nitrogens is 2. The van der Waals surface area contributed by atoms with Crippen LogP contribution in [-0.2, 0) is 0 Å². The minimum absolute atomic E-state index is 0.928. The van der Waals surface area contributed by atoms with Gasteiger partial charge in [-0.05, 0) is 81.4 Å². The summed E-state index contributed by atoms with van der Waals surface area (Å²) in [7, 11) is 0. The molecule has 0 saturated heterocycles. The van der Waals surface area contributed by atoms with Crippen molar-refractivity contribution < 1.29 is 0 Å². The minimum Gasteiger partial charge on any atom is -0.259 e. The maximum atomic E-state index is 5.21. The molecule has 7 aromatic carbocycles. The zero-order chi connectivity index (χ0) is 32.2. The van der Waals surface area contributed by atoms with E-state index in [1.165, 1.54) is 60.0 Å². The Kier molecular flexibility index (Phi) is 6.58. The van der Waals surface area contributed by atoms with Crippen molar-refractivity contribution in [3.05, 3.63) is 151 Å². The second-order valence-corrected chi connectivity index (χ2v) is 12.3. The van der Waals surface area contributed by atoms with E-state index in [-0.39, 0.29) is 0 Å². The fourth-order valence-corrected chi connectivity index (χ4v) is 7.40. The maximum Gasteiger partial charge on any atom is 0.0961 e. The van der Waals surface area contributed by atoms with Gasteiger partial charge in [-0.15, -0.1) is 0 Å². The number of nitrogens with zero attached hydrogens (tertiary/aromatic N) is 3. The lowest BCUT2D eigenvalue weighted by Crippen LogP contribution is -1.92. The summed E-state index contributed by atoms with van der Waals surface area (Å²) in [6.07, 6.45) is 3.69. The van der Waals surface area contributed by atoms with Crippen molar-refractivity contribution in [3.8, 4) is 33.5 Å². The SMILES string of the molecule is CC=Nc1c(C)c(-c2ccc(-c3ccc(-c4nc5ccccc5c5c4ccc4ccccc45)cc3)c3ccccc23)cc2cccnc12. The van der Waals surface area contributed by atoms with Crippen molar-refractivity contribution in [1.29, 1.82) is 0 Å².